The Bertz CT molecular complexity index is 970. The zero-order valence-electron chi connectivity index (χ0n) is 22.1. The third-order valence-electron chi connectivity index (χ3n) is 7.67. The molecule has 0 spiro atoms. The van der Waals surface area contributed by atoms with Gasteiger partial charge in [-0.1, -0.05) is 55.8 Å². The summed E-state index contributed by atoms with van der Waals surface area (Å²) in [7, 11) is 1.73. The molecule has 0 bridgehead atoms. The second kappa shape index (κ2) is 12.0. The van der Waals surface area contributed by atoms with Crippen LogP contribution in [0.5, 0.6) is 5.75 Å². The first kappa shape index (κ1) is 25.7. The maximum atomic E-state index is 13.3. The van der Waals surface area contributed by atoms with E-state index in [9.17, 15) is 4.79 Å². The van der Waals surface area contributed by atoms with Gasteiger partial charge in [0.15, 0.2) is 0 Å². The number of methoxy groups -OCH3 is 1. The van der Waals surface area contributed by atoms with Crippen molar-refractivity contribution in [3.05, 3.63) is 65.2 Å². The van der Waals surface area contributed by atoms with Crippen molar-refractivity contribution in [2.24, 2.45) is 11.8 Å². The van der Waals surface area contributed by atoms with Crippen LogP contribution in [-0.2, 0) is 11.3 Å². The summed E-state index contributed by atoms with van der Waals surface area (Å²) in [6.45, 7) is 14.1. The Morgan fingerprint density at radius 1 is 1.06 bits per heavy atom. The zero-order valence-corrected chi connectivity index (χ0v) is 22.1. The molecule has 2 atom stereocenters. The molecule has 5 heteroatoms. The predicted molar refractivity (Wildman–Crippen MR) is 143 cm³/mol. The van der Waals surface area contributed by atoms with Crippen molar-refractivity contribution in [2.45, 2.75) is 46.1 Å². The van der Waals surface area contributed by atoms with Crippen molar-refractivity contribution in [3.63, 3.8) is 0 Å². The van der Waals surface area contributed by atoms with Crippen molar-refractivity contribution in [1.29, 1.82) is 0 Å². The van der Waals surface area contributed by atoms with E-state index in [4.69, 9.17) is 4.74 Å². The minimum absolute atomic E-state index is 0.0219. The number of ether oxygens (including phenoxy) is 1. The van der Waals surface area contributed by atoms with E-state index in [0.717, 1.165) is 45.0 Å². The maximum Gasteiger partial charge on any atom is 0.225 e. The van der Waals surface area contributed by atoms with E-state index in [1.165, 1.54) is 42.6 Å². The average molecular weight is 478 g/mol. The summed E-state index contributed by atoms with van der Waals surface area (Å²) >= 11 is 0. The van der Waals surface area contributed by atoms with Crippen molar-refractivity contribution in [3.8, 4) is 5.75 Å². The predicted octanol–water partition coefficient (Wildman–Crippen LogP) is 4.80. The maximum absolute atomic E-state index is 13.3. The quantitative estimate of drug-likeness (QED) is 0.493. The Kier molecular flexibility index (Phi) is 8.85. The third-order valence-corrected chi connectivity index (χ3v) is 7.67. The lowest BCUT2D eigenvalue weighted by Gasteiger charge is -2.31. The van der Waals surface area contributed by atoms with Crippen LogP contribution in [0.25, 0.3) is 0 Å². The van der Waals surface area contributed by atoms with E-state index in [2.05, 4.69) is 64.1 Å². The Balaban J connectivity index is 1.53. The summed E-state index contributed by atoms with van der Waals surface area (Å²) in [5.74, 6) is 1.99. The molecule has 0 N–H and O–H groups in total. The van der Waals surface area contributed by atoms with E-state index >= 15 is 0 Å². The highest BCUT2D eigenvalue weighted by molar-refractivity contribution is 5.78. The molecular formula is C30H43N3O2. The van der Waals surface area contributed by atoms with Gasteiger partial charge in [0, 0.05) is 51.1 Å². The molecule has 2 fully saturated rings. The van der Waals surface area contributed by atoms with Crippen molar-refractivity contribution >= 4 is 5.91 Å². The smallest absolute Gasteiger partial charge is 0.225 e. The molecule has 4 rings (SSSR count). The van der Waals surface area contributed by atoms with Crippen LogP contribution in [0.1, 0.15) is 49.3 Å². The standard InChI is InChI=1S/C30H43N3O2/c1-23(2)30(34)33(16-15-31-13-5-6-14-31)21-27-20-32(19-25-10-7-9-24(3)17-25)22-29(27)26-11-8-12-28(18-26)35-4/h7-12,17-18,23,27,29H,5-6,13-16,19-22H2,1-4H3/t27-,29-/m1/s1. The summed E-state index contributed by atoms with van der Waals surface area (Å²) in [4.78, 5) is 20.5. The van der Waals surface area contributed by atoms with Gasteiger partial charge in [0.05, 0.1) is 7.11 Å². The molecule has 190 valence electrons. The summed E-state index contributed by atoms with van der Waals surface area (Å²) < 4.78 is 5.55. The van der Waals surface area contributed by atoms with Gasteiger partial charge in [-0.25, -0.2) is 0 Å². The first-order valence-electron chi connectivity index (χ1n) is 13.4. The Hall–Kier alpha value is -2.37. The highest BCUT2D eigenvalue weighted by atomic mass is 16.5. The number of benzene rings is 2. The van der Waals surface area contributed by atoms with Crippen LogP contribution in [0.15, 0.2) is 48.5 Å². The molecule has 2 heterocycles. The SMILES string of the molecule is COc1cccc([C@H]2CN(Cc3cccc(C)c3)C[C@@H]2CN(CCN2CCCC2)C(=O)C(C)C)c1. The van der Waals surface area contributed by atoms with E-state index in [-0.39, 0.29) is 11.8 Å². The minimum Gasteiger partial charge on any atom is -0.497 e. The number of hydrogen-bond donors (Lipinski definition) is 0. The molecule has 2 aromatic carbocycles. The Labute approximate surface area is 212 Å². The molecule has 0 unspecified atom stereocenters. The number of amides is 1. The molecule has 2 aromatic rings. The van der Waals surface area contributed by atoms with Gasteiger partial charge in [-0.15, -0.1) is 0 Å². The second-order valence-corrected chi connectivity index (χ2v) is 10.8. The molecule has 0 radical (unpaired) electrons. The first-order valence-corrected chi connectivity index (χ1v) is 13.4. The summed E-state index contributed by atoms with van der Waals surface area (Å²) in [5, 5.41) is 0. The Morgan fingerprint density at radius 3 is 2.54 bits per heavy atom. The number of carbonyl (C=O) groups excluding carboxylic acids is 1. The number of carbonyl (C=O) groups is 1. The van der Waals surface area contributed by atoms with E-state index in [1.807, 2.05) is 19.9 Å². The van der Waals surface area contributed by atoms with Gasteiger partial charge in [0.1, 0.15) is 5.75 Å². The molecule has 1 amide bonds. The average Bonchev–Trinajstić information content (AvgIpc) is 3.51. The molecule has 0 aliphatic carbocycles. The highest BCUT2D eigenvalue weighted by Crippen LogP contribution is 2.36. The van der Waals surface area contributed by atoms with Gasteiger partial charge < -0.3 is 14.5 Å². The lowest BCUT2D eigenvalue weighted by molar-refractivity contribution is -0.135. The molecule has 5 nitrogen and oxygen atoms in total. The molecule has 2 saturated heterocycles. The molecule has 35 heavy (non-hydrogen) atoms. The van der Waals surface area contributed by atoms with Crippen LogP contribution in [-0.4, -0.2) is 73.5 Å². The van der Waals surface area contributed by atoms with E-state index in [0.29, 0.717) is 11.8 Å². The van der Waals surface area contributed by atoms with Crippen molar-refractivity contribution in [2.75, 3.05) is 52.9 Å². The fourth-order valence-electron chi connectivity index (χ4n) is 5.80. The van der Waals surface area contributed by atoms with Crippen LogP contribution in [0.3, 0.4) is 0 Å². The van der Waals surface area contributed by atoms with Crippen molar-refractivity contribution < 1.29 is 9.53 Å². The van der Waals surface area contributed by atoms with Crippen LogP contribution < -0.4 is 4.74 Å². The number of nitrogens with zero attached hydrogens (tertiary/aromatic N) is 3. The van der Waals surface area contributed by atoms with Crippen LogP contribution >= 0.6 is 0 Å². The Morgan fingerprint density at radius 2 is 1.83 bits per heavy atom. The molecule has 2 aliphatic rings. The van der Waals surface area contributed by atoms with Gasteiger partial charge >= 0.3 is 0 Å². The summed E-state index contributed by atoms with van der Waals surface area (Å²) in [6, 6.07) is 17.4. The molecule has 2 aliphatic heterocycles. The van der Waals surface area contributed by atoms with Gasteiger partial charge in [-0.3, -0.25) is 9.69 Å². The van der Waals surface area contributed by atoms with E-state index < -0.39 is 0 Å². The van der Waals surface area contributed by atoms with Crippen LogP contribution in [0.2, 0.25) is 0 Å². The number of rotatable bonds is 10. The molecule has 0 aromatic heterocycles. The van der Waals surface area contributed by atoms with Gasteiger partial charge in [0.2, 0.25) is 5.91 Å². The number of likely N-dealkylation sites (tertiary alicyclic amines) is 2. The summed E-state index contributed by atoms with van der Waals surface area (Å²) in [5.41, 5.74) is 3.98. The normalized spacial score (nSPS) is 21.1. The highest BCUT2D eigenvalue weighted by Gasteiger charge is 2.36. The number of hydrogen-bond acceptors (Lipinski definition) is 4. The largest absolute Gasteiger partial charge is 0.497 e. The second-order valence-electron chi connectivity index (χ2n) is 10.8. The van der Waals surface area contributed by atoms with Gasteiger partial charge in [-0.2, -0.15) is 0 Å². The minimum atomic E-state index is 0.0219. The van der Waals surface area contributed by atoms with Crippen LogP contribution in [0, 0.1) is 18.8 Å². The monoisotopic (exact) mass is 477 g/mol. The number of aryl methyl sites for hydroxylation is 1. The van der Waals surface area contributed by atoms with Gasteiger partial charge in [-0.05, 0) is 62.0 Å². The summed E-state index contributed by atoms with van der Waals surface area (Å²) in [6.07, 6.45) is 2.57. The topological polar surface area (TPSA) is 36.0 Å². The first-order chi connectivity index (χ1) is 16.9. The molecular weight excluding hydrogens is 434 g/mol. The molecule has 0 saturated carbocycles. The third kappa shape index (κ3) is 6.86. The fourth-order valence-corrected chi connectivity index (χ4v) is 5.80. The fraction of sp³-hybridized carbons (Fsp3) is 0.567. The van der Waals surface area contributed by atoms with Crippen LogP contribution in [0.4, 0.5) is 0 Å². The van der Waals surface area contributed by atoms with Crippen molar-refractivity contribution in [1.82, 2.24) is 14.7 Å². The van der Waals surface area contributed by atoms with Gasteiger partial charge in [0.25, 0.3) is 0 Å². The zero-order chi connectivity index (χ0) is 24.8. The lowest BCUT2D eigenvalue weighted by atomic mass is 9.88. The lowest BCUT2D eigenvalue weighted by Crippen LogP contribution is -2.43. The van der Waals surface area contributed by atoms with E-state index in [1.54, 1.807) is 7.11 Å².